The zero-order valence-electron chi connectivity index (χ0n) is 14.0. The molecule has 1 N–H and O–H groups in total. The summed E-state index contributed by atoms with van der Waals surface area (Å²) in [6.07, 6.45) is 5.25. The van der Waals surface area contributed by atoms with Gasteiger partial charge in [0.1, 0.15) is 17.0 Å². The van der Waals surface area contributed by atoms with Crippen molar-refractivity contribution in [2.75, 3.05) is 12.1 Å². The standard InChI is InChI=1S/C18H15N5O2S/c1-11-6-13-16(20-8-12-2-3-14-15(7-12)25-10-24-14)21-18(22-17(13)26-11)23-5-4-19-9-23/h2-7,9H,8,10H2,1H3,(H,20,21,22). The molecule has 0 amide bonds. The molecule has 4 heterocycles. The Hall–Kier alpha value is -3.13. The summed E-state index contributed by atoms with van der Waals surface area (Å²) >= 11 is 1.65. The molecule has 0 aliphatic carbocycles. The Morgan fingerprint density at radius 1 is 1.19 bits per heavy atom. The number of nitrogens with zero attached hydrogens (tertiary/aromatic N) is 4. The molecule has 0 fully saturated rings. The van der Waals surface area contributed by atoms with Crippen LogP contribution in [0.25, 0.3) is 16.2 Å². The summed E-state index contributed by atoms with van der Waals surface area (Å²) in [6.45, 7) is 2.98. The molecule has 0 spiro atoms. The first kappa shape index (κ1) is 15.2. The number of aryl methyl sites for hydroxylation is 1. The van der Waals surface area contributed by atoms with Gasteiger partial charge in [0.15, 0.2) is 11.5 Å². The maximum absolute atomic E-state index is 5.45. The number of hydrogen-bond acceptors (Lipinski definition) is 7. The lowest BCUT2D eigenvalue weighted by molar-refractivity contribution is 0.174. The second kappa shape index (κ2) is 5.99. The zero-order valence-corrected chi connectivity index (χ0v) is 14.8. The van der Waals surface area contributed by atoms with Crippen LogP contribution in [0.4, 0.5) is 5.82 Å². The van der Waals surface area contributed by atoms with Gasteiger partial charge in [0.2, 0.25) is 12.7 Å². The van der Waals surface area contributed by atoms with Crippen LogP contribution in [0.5, 0.6) is 11.5 Å². The molecule has 0 atom stereocenters. The van der Waals surface area contributed by atoms with E-state index in [4.69, 9.17) is 14.5 Å². The van der Waals surface area contributed by atoms with E-state index < -0.39 is 0 Å². The number of ether oxygens (including phenoxy) is 2. The molecule has 0 saturated carbocycles. The van der Waals surface area contributed by atoms with Gasteiger partial charge in [-0.1, -0.05) is 6.07 Å². The summed E-state index contributed by atoms with van der Waals surface area (Å²) in [5.74, 6) is 2.97. The highest BCUT2D eigenvalue weighted by Gasteiger charge is 2.15. The molecule has 1 aliphatic rings. The second-order valence-corrected chi connectivity index (χ2v) is 7.19. The molecule has 0 saturated heterocycles. The summed E-state index contributed by atoms with van der Waals surface area (Å²) in [5.41, 5.74) is 1.09. The van der Waals surface area contributed by atoms with Gasteiger partial charge in [-0.2, -0.15) is 4.98 Å². The van der Waals surface area contributed by atoms with E-state index in [2.05, 4.69) is 28.3 Å². The lowest BCUT2D eigenvalue weighted by atomic mass is 10.2. The largest absolute Gasteiger partial charge is 0.454 e. The fourth-order valence-electron chi connectivity index (χ4n) is 2.90. The molecule has 1 aliphatic heterocycles. The summed E-state index contributed by atoms with van der Waals surface area (Å²) < 4.78 is 12.6. The van der Waals surface area contributed by atoms with Gasteiger partial charge in [0.05, 0.1) is 5.39 Å². The van der Waals surface area contributed by atoms with Crippen LogP contribution in [0.1, 0.15) is 10.4 Å². The van der Waals surface area contributed by atoms with Crippen molar-refractivity contribution in [2.24, 2.45) is 0 Å². The first-order chi connectivity index (χ1) is 12.8. The van der Waals surface area contributed by atoms with E-state index in [-0.39, 0.29) is 6.79 Å². The van der Waals surface area contributed by atoms with Crippen molar-refractivity contribution in [3.05, 3.63) is 53.4 Å². The third kappa shape index (κ3) is 2.64. The molecule has 130 valence electrons. The van der Waals surface area contributed by atoms with E-state index in [1.54, 1.807) is 28.4 Å². The predicted molar refractivity (Wildman–Crippen MR) is 99.2 cm³/mol. The molecule has 7 nitrogen and oxygen atoms in total. The monoisotopic (exact) mass is 365 g/mol. The first-order valence-corrected chi connectivity index (χ1v) is 8.97. The van der Waals surface area contributed by atoms with Gasteiger partial charge in [-0.3, -0.25) is 4.57 Å². The minimum absolute atomic E-state index is 0.279. The Kier molecular flexibility index (Phi) is 3.49. The van der Waals surface area contributed by atoms with Gasteiger partial charge in [-0.15, -0.1) is 11.3 Å². The average Bonchev–Trinajstić information content (AvgIpc) is 3.38. The SMILES string of the molecule is Cc1cc2c(NCc3ccc4c(c3)OCO4)nc(-n3ccnc3)nc2s1. The summed E-state index contributed by atoms with van der Waals surface area (Å²) in [7, 11) is 0. The van der Waals surface area contributed by atoms with E-state index >= 15 is 0 Å². The number of imidazole rings is 1. The summed E-state index contributed by atoms with van der Waals surface area (Å²) in [6, 6.07) is 8.05. The Balaban J connectivity index is 1.49. The van der Waals surface area contributed by atoms with Crippen LogP contribution in [0.3, 0.4) is 0 Å². The topological polar surface area (TPSA) is 74.1 Å². The number of benzene rings is 1. The fraction of sp³-hybridized carbons (Fsp3) is 0.167. The minimum atomic E-state index is 0.279. The first-order valence-electron chi connectivity index (χ1n) is 8.15. The minimum Gasteiger partial charge on any atom is -0.454 e. The van der Waals surface area contributed by atoms with Crippen molar-refractivity contribution >= 4 is 27.4 Å². The lowest BCUT2D eigenvalue weighted by Crippen LogP contribution is -2.06. The number of anilines is 1. The third-order valence-electron chi connectivity index (χ3n) is 4.14. The normalized spacial score (nSPS) is 12.7. The Morgan fingerprint density at radius 2 is 2.12 bits per heavy atom. The maximum atomic E-state index is 5.45. The van der Waals surface area contributed by atoms with Crippen LogP contribution in [0.15, 0.2) is 43.0 Å². The number of fused-ring (bicyclic) bond motifs is 2. The van der Waals surface area contributed by atoms with Crippen molar-refractivity contribution in [1.29, 1.82) is 0 Å². The van der Waals surface area contributed by atoms with E-state index in [1.165, 1.54) is 4.88 Å². The molecule has 4 aromatic rings. The van der Waals surface area contributed by atoms with Crippen molar-refractivity contribution in [3.63, 3.8) is 0 Å². The highest BCUT2D eigenvalue weighted by Crippen LogP contribution is 2.33. The Morgan fingerprint density at radius 3 is 3.00 bits per heavy atom. The molecular formula is C18H15N5O2S. The van der Waals surface area contributed by atoms with Crippen LogP contribution in [0.2, 0.25) is 0 Å². The van der Waals surface area contributed by atoms with Crippen molar-refractivity contribution in [3.8, 4) is 17.4 Å². The molecule has 0 bridgehead atoms. The maximum Gasteiger partial charge on any atom is 0.238 e. The predicted octanol–water partition coefficient (Wildman–Crippen LogP) is 3.53. The van der Waals surface area contributed by atoms with Crippen LogP contribution < -0.4 is 14.8 Å². The van der Waals surface area contributed by atoms with Crippen LogP contribution in [0, 0.1) is 6.92 Å². The fourth-order valence-corrected chi connectivity index (χ4v) is 3.77. The number of nitrogens with one attached hydrogen (secondary N) is 1. The molecule has 26 heavy (non-hydrogen) atoms. The third-order valence-corrected chi connectivity index (χ3v) is 5.08. The number of thiophene rings is 1. The van der Waals surface area contributed by atoms with Gasteiger partial charge in [0, 0.05) is 23.8 Å². The highest BCUT2D eigenvalue weighted by molar-refractivity contribution is 7.18. The van der Waals surface area contributed by atoms with Gasteiger partial charge in [-0.25, -0.2) is 9.97 Å². The van der Waals surface area contributed by atoms with E-state index in [9.17, 15) is 0 Å². The quantitative estimate of drug-likeness (QED) is 0.596. The number of aromatic nitrogens is 4. The highest BCUT2D eigenvalue weighted by atomic mass is 32.1. The van der Waals surface area contributed by atoms with Gasteiger partial charge < -0.3 is 14.8 Å². The Bertz CT molecular complexity index is 1090. The van der Waals surface area contributed by atoms with Crippen molar-refractivity contribution in [1.82, 2.24) is 19.5 Å². The van der Waals surface area contributed by atoms with E-state index in [1.807, 2.05) is 24.4 Å². The molecule has 0 radical (unpaired) electrons. The van der Waals surface area contributed by atoms with Gasteiger partial charge in [0.25, 0.3) is 0 Å². The van der Waals surface area contributed by atoms with Crippen LogP contribution in [-0.4, -0.2) is 26.3 Å². The van der Waals surface area contributed by atoms with Crippen LogP contribution in [-0.2, 0) is 6.54 Å². The van der Waals surface area contributed by atoms with Gasteiger partial charge in [-0.05, 0) is 30.7 Å². The average molecular weight is 365 g/mol. The van der Waals surface area contributed by atoms with E-state index in [0.717, 1.165) is 33.1 Å². The van der Waals surface area contributed by atoms with E-state index in [0.29, 0.717) is 12.5 Å². The second-order valence-electron chi connectivity index (χ2n) is 5.96. The number of rotatable bonds is 4. The Labute approximate surface area is 153 Å². The van der Waals surface area contributed by atoms with Crippen LogP contribution >= 0.6 is 11.3 Å². The number of hydrogen-bond donors (Lipinski definition) is 1. The van der Waals surface area contributed by atoms with Crippen molar-refractivity contribution < 1.29 is 9.47 Å². The molecular weight excluding hydrogens is 350 g/mol. The molecule has 8 heteroatoms. The summed E-state index contributed by atoms with van der Waals surface area (Å²) in [5, 5.41) is 4.46. The zero-order chi connectivity index (χ0) is 17.5. The summed E-state index contributed by atoms with van der Waals surface area (Å²) in [4.78, 5) is 15.6. The molecule has 5 rings (SSSR count). The molecule has 0 unspecified atom stereocenters. The van der Waals surface area contributed by atoms with Gasteiger partial charge >= 0.3 is 0 Å². The molecule has 1 aromatic carbocycles. The smallest absolute Gasteiger partial charge is 0.238 e. The molecule has 3 aromatic heterocycles. The lowest BCUT2D eigenvalue weighted by Gasteiger charge is -2.09. The van der Waals surface area contributed by atoms with Crippen molar-refractivity contribution in [2.45, 2.75) is 13.5 Å².